The van der Waals surface area contributed by atoms with Gasteiger partial charge in [0.25, 0.3) is 0 Å². The molecule has 1 aliphatic rings. The quantitative estimate of drug-likeness (QED) is 0.713. The summed E-state index contributed by atoms with van der Waals surface area (Å²) >= 11 is 0. The van der Waals surface area contributed by atoms with Crippen LogP contribution < -0.4 is 10.6 Å². The van der Waals surface area contributed by atoms with Crippen molar-refractivity contribution in [1.29, 1.82) is 5.26 Å². The van der Waals surface area contributed by atoms with Crippen LogP contribution in [0.4, 0.5) is 5.69 Å². The van der Waals surface area contributed by atoms with Gasteiger partial charge in [0.1, 0.15) is 0 Å². The Bertz CT molecular complexity index is 363. The minimum Gasteiger partial charge on any atom is -0.384 e. The van der Waals surface area contributed by atoms with Crippen molar-refractivity contribution in [2.45, 2.75) is 18.9 Å². The first kappa shape index (κ1) is 10.0. The molecule has 1 aromatic rings. The number of hydrogen-bond donors (Lipinski definition) is 2. The Morgan fingerprint density at radius 1 is 1.33 bits per heavy atom. The lowest BCUT2D eigenvalue weighted by Crippen LogP contribution is -2.23. The number of rotatable bonds is 5. The first-order valence-corrected chi connectivity index (χ1v) is 5.36. The summed E-state index contributed by atoms with van der Waals surface area (Å²) in [7, 11) is 0. The van der Waals surface area contributed by atoms with Crippen molar-refractivity contribution >= 4 is 5.69 Å². The van der Waals surface area contributed by atoms with Crippen LogP contribution in [0.25, 0.3) is 0 Å². The molecule has 2 N–H and O–H groups in total. The molecular formula is C12H15N3. The summed E-state index contributed by atoms with van der Waals surface area (Å²) in [5.41, 5.74) is 1.72. The van der Waals surface area contributed by atoms with Crippen LogP contribution in [0.15, 0.2) is 24.3 Å². The number of hydrogen-bond acceptors (Lipinski definition) is 3. The second-order valence-electron chi connectivity index (χ2n) is 3.85. The third-order valence-corrected chi connectivity index (χ3v) is 2.46. The zero-order valence-electron chi connectivity index (χ0n) is 8.66. The van der Waals surface area contributed by atoms with Crippen molar-refractivity contribution in [1.82, 2.24) is 5.32 Å². The van der Waals surface area contributed by atoms with E-state index >= 15 is 0 Å². The van der Waals surface area contributed by atoms with E-state index in [0.29, 0.717) is 5.56 Å². The molecule has 15 heavy (non-hydrogen) atoms. The first-order valence-electron chi connectivity index (χ1n) is 5.36. The van der Waals surface area contributed by atoms with Crippen molar-refractivity contribution in [2.24, 2.45) is 0 Å². The van der Waals surface area contributed by atoms with Crippen molar-refractivity contribution in [3.63, 3.8) is 0 Å². The maximum absolute atomic E-state index is 8.72. The molecule has 1 aliphatic carbocycles. The van der Waals surface area contributed by atoms with Gasteiger partial charge in [-0.15, -0.1) is 0 Å². The Morgan fingerprint density at radius 3 is 2.93 bits per heavy atom. The molecule has 1 fully saturated rings. The third kappa shape index (κ3) is 3.26. The van der Waals surface area contributed by atoms with E-state index < -0.39 is 0 Å². The number of nitrogens with one attached hydrogen (secondary N) is 2. The Hall–Kier alpha value is -1.53. The van der Waals surface area contributed by atoms with Crippen LogP contribution in [0.3, 0.4) is 0 Å². The van der Waals surface area contributed by atoms with Crippen LogP contribution in [0.1, 0.15) is 18.4 Å². The van der Waals surface area contributed by atoms with Gasteiger partial charge in [-0.3, -0.25) is 0 Å². The van der Waals surface area contributed by atoms with Gasteiger partial charge in [0, 0.05) is 24.8 Å². The number of benzene rings is 1. The topological polar surface area (TPSA) is 47.9 Å². The fourth-order valence-electron chi connectivity index (χ4n) is 1.47. The predicted octanol–water partition coefficient (Wildman–Crippen LogP) is 1.72. The number of nitriles is 1. The fraction of sp³-hybridized carbons (Fsp3) is 0.417. The lowest BCUT2D eigenvalue weighted by molar-refractivity contribution is 0.701. The highest BCUT2D eigenvalue weighted by Gasteiger charge is 2.19. The molecule has 3 nitrogen and oxygen atoms in total. The summed E-state index contributed by atoms with van der Waals surface area (Å²) in [6.07, 6.45) is 2.65. The lowest BCUT2D eigenvalue weighted by Gasteiger charge is -2.06. The van der Waals surface area contributed by atoms with Crippen LogP contribution >= 0.6 is 0 Å². The van der Waals surface area contributed by atoms with E-state index in [1.54, 1.807) is 0 Å². The van der Waals surface area contributed by atoms with Gasteiger partial charge in [0.2, 0.25) is 0 Å². The third-order valence-electron chi connectivity index (χ3n) is 2.46. The van der Waals surface area contributed by atoms with Crippen LogP contribution in [0.5, 0.6) is 0 Å². The summed E-state index contributed by atoms with van der Waals surface area (Å²) in [6.45, 7) is 1.90. The molecule has 2 rings (SSSR count). The maximum Gasteiger partial charge on any atom is 0.0992 e. The number of nitrogens with zero attached hydrogens (tertiary/aromatic N) is 1. The zero-order chi connectivity index (χ0) is 10.5. The second kappa shape index (κ2) is 4.81. The molecule has 3 heteroatoms. The van der Waals surface area contributed by atoms with Gasteiger partial charge in [-0.1, -0.05) is 6.07 Å². The SMILES string of the molecule is N#Cc1cccc(NCCNC2CC2)c1. The highest BCUT2D eigenvalue weighted by atomic mass is 15.0. The van der Waals surface area contributed by atoms with E-state index in [2.05, 4.69) is 16.7 Å². The van der Waals surface area contributed by atoms with Crippen molar-refractivity contribution in [3.05, 3.63) is 29.8 Å². The Labute approximate surface area is 90.1 Å². The van der Waals surface area contributed by atoms with E-state index in [1.165, 1.54) is 12.8 Å². The summed E-state index contributed by atoms with van der Waals surface area (Å²) in [6, 6.07) is 10.5. The van der Waals surface area contributed by atoms with Gasteiger partial charge in [0.05, 0.1) is 11.6 Å². The smallest absolute Gasteiger partial charge is 0.0992 e. The summed E-state index contributed by atoms with van der Waals surface area (Å²) < 4.78 is 0. The van der Waals surface area contributed by atoms with Crippen molar-refractivity contribution in [2.75, 3.05) is 18.4 Å². The molecule has 78 valence electrons. The molecule has 1 saturated carbocycles. The number of anilines is 1. The van der Waals surface area contributed by atoms with Crippen LogP contribution in [-0.2, 0) is 0 Å². The lowest BCUT2D eigenvalue weighted by atomic mass is 10.2. The largest absolute Gasteiger partial charge is 0.384 e. The summed E-state index contributed by atoms with van der Waals surface area (Å²) in [5, 5.41) is 15.4. The molecule has 1 aromatic carbocycles. The maximum atomic E-state index is 8.72. The highest BCUT2D eigenvalue weighted by Crippen LogP contribution is 2.18. The van der Waals surface area contributed by atoms with Gasteiger partial charge in [-0.25, -0.2) is 0 Å². The minimum absolute atomic E-state index is 0.704. The second-order valence-corrected chi connectivity index (χ2v) is 3.85. The minimum atomic E-state index is 0.704. The Morgan fingerprint density at radius 2 is 2.20 bits per heavy atom. The Balaban J connectivity index is 1.74. The molecule has 0 amide bonds. The van der Waals surface area contributed by atoms with Crippen LogP contribution in [0, 0.1) is 11.3 Å². The van der Waals surface area contributed by atoms with Gasteiger partial charge in [-0.2, -0.15) is 5.26 Å². The highest BCUT2D eigenvalue weighted by molar-refractivity contribution is 5.49. The summed E-state index contributed by atoms with van der Waals surface area (Å²) in [4.78, 5) is 0. The normalized spacial score (nSPS) is 14.6. The van der Waals surface area contributed by atoms with E-state index in [9.17, 15) is 0 Å². The standard InChI is InChI=1S/C12H15N3/c13-9-10-2-1-3-12(8-10)15-7-6-14-11-4-5-11/h1-3,8,11,14-15H,4-7H2. The van der Waals surface area contributed by atoms with Crippen molar-refractivity contribution in [3.8, 4) is 6.07 Å². The molecule has 0 aliphatic heterocycles. The summed E-state index contributed by atoms with van der Waals surface area (Å²) in [5.74, 6) is 0. The van der Waals surface area contributed by atoms with E-state index in [-0.39, 0.29) is 0 Å². The van der Waals surface area contributed by atoms with Gasteiger partial charge < -0.3 is 10.6 Å². The van der Waals surface area contributed by atoms with Crippen LogP contribution in [-0.4, -0.2) is 19.1 Å². The van der Waals surface area contributed by atoms with Gasteiger partial charge >= 0.3 is 0 Å². The molecule has 0 aromatic heterocycles. The molecule has 0 spiro atoms. The van der Waals surface area contributed by atoms with Crippen LogP contribution in [0.2, 0.25) is 0 Å². The Kier molecular flexibility index (Phi) is 3.21. The molecule has 0 saturated heterocycles. The monoisotopic (exact) mass is 201 g/mol. The molecule has 0 atom stereocenters. The average Bonchev–Trinajstić information content (AvgIpc) is 3.09. The molecule has 0 unspecified atom stereocenters. The fourth-order valence-corrected chi connectivity index (χ4v) is 1.47. The molecular weight excluding hydrogens is 186 g/mol. The average molecular weight is 201 g/mol. The van der Waals surface area contributed by atoms with Gasteiger partial charge in [0.15, 0.2) is 0 Å². The first-order chi connectivity index (χ1) is 7.38. The molecule has 0 radical (unpaired) electrons. The predicted molar refractivity (Wildman–Crippen MR) is 60.7 cm³/mol. The van der Waals surface area contributed by atoms with Crippen molar-refractivity contribution < 1.29 is 0 Å². The molecule has 0 heterocycles. The molecule has 0 bridgehead atoms. The van der Waals surface area contributed by atoms with E-state index in [4.69, 9.17) is 5.26 Å². The zero-order valence-corrected chi connectivity index (χ0v) is 8.66. The van der Waals surface area contributed by atoms with E-state index in [0.717, 1.165) is 24.8 Å². The van der Waals surface area contributed by atoms with E-state index in [1.807, 2.05) is 24.3 Å². The van der Waals surface area contributed by atoms with Gasteiger partial charge in [-0.05, 0) is 31.0 Å².